The summed E-state index contributed by atoms with van der Waals surface area (Å²) in [6.45, 7) is 0.0516. The summed E-state index contributed by atoms with van der Waals surface area (Å²) in [5.74, 6) is -1.80. The SMILES string of the molecule is CN(C)[C@H](CNC(=O)[C@@H]1CCC(=O)N1)c1c(F)cccc1F. The van der Waals surface area contributed by atoms with Crippen molar-refractivity contribution in [3.05, 3.63) is 35.4 Å². The van der Waals surface area contributed by atoms with E-state index in [4.69, 9.17) is 0 Å². The molecule has 2 amide bonds. The fourth-order valence-corrected chi connectivity index (χ4v) is 2.50. The lowest BCUT2D eigenvalue weighted by Gasteiger charge is -2.26. The van der Waals surface area contributed by atoms with Gasteiger partial charge in [-0.05, 0) is 32.6 Å². The van der Waals surface area contributed by atoms with Gasteiger partial charge in [-0.1, -0.05) is 6.07 Å². The van der Waals surface area contributed by atoms with Crippen LogP contribution in [0.25, 0.3) is 0 Å². The van der Waals surface area contributed by atoms with E-state index in [1.54, 1.807) is 19.0 Å². The molecule has 0 radical (unpaired) electrons. The Hall–Kier alpha value is -2.02. The summed E-state index contributed by atoms with van der Waals surface area (Å²) in [4.78, 5) is 24.7. The Bertz CT molecular complexity index is 558. The molecule has 1 heterocycles. The lowest BCUT2D eigenvalue weighted by Crippen LogP contribution is -2.44. The molecule has 7 heteroatoms. The van der Waals surface area contributed by atoms with Crippen molar-refractivity contribution in [2.24, 2.45) is 0 Å². The Morgan fingerprint density at radius 2 is 2.05 bits per heavy atom. The Kier molecular flexibility index (Phi) is 5.07. The van der Waals surface area contributed by atoms with Crippen molar-refractivity contribution < 1.29 is 18.4 Å². The van der Waals surface area contributed by atoms with E-state index in [1.807, 2.05) is 0 Å². The monoisotopic (exact) mass is 311 g/mol. The van der Waals surface area contributed by atoms with Crippen LogP contribution in [0.2, 0.25) is 0 Å². The molecule has 1 fully saturated rings. The Morgan fingerprint density at radius 1 is 1.41 bits per heavy atom. The van der Waals surface area contributed by atoms with Crippen LogP contribution in [-0.4, -0.2) is 43.4 Å². The van der Waals surface area contributed by atoms with Gasteiger partial charge in [-0.3, -0.25) is 9.59 Å². The highest BCUT2D eigenvalue weighted by atomic mass is 19.1. The van der Waals surface area contributed by atoms with E-state index < -0.39 is 23.7 Å². The molecule has 1 aliphatic rings. The maximum atomic E-state index is 13.9. The zero-order valence-corrected chi connectivity index (χ0v) is 12.5. The summed E-state index contributed by atoms with van der Waals surface area (Å²) >= 11 is 0. The quantitative estimate of drug-likeness (QED) is 0.851. The van der Waals surface area contributed by atoms with Crippen molar-refractivity contribution in [2.45, 2.75) is 24.9 Å². The number of carbonyl (C=O) groups is 2. The van der Waals surface area contributed by atoms with Crippen LogP contribution in [0.5, 0.6) is 0 Å². The van der Waals surface area contributed by atoms with E-state index in [-0.39, 0.29) is 23.9 Å². The number of likely N-dealkylation sites (N-methyl/N-ethyl adjacent to an activating group) is 1. The number of hydrogen-bond acceptors (Lipinski definition) is 3. The van der Waals surface area contributed by atoms with Crippen molar-refractivity contribution in [1.82, 2.24) is 15.5 Å². The Labute approximate surface area is 127 Å². The van der Waals surface area contributed by atoms with E-state index in [9.17, 15) is 18.4 Å². The number of halogens is 2. The van der Waals surface area contributed by atoms with Crippen molar-refractivity contribution in [3.8, 4) is 0 Å². The highest BCUT2D eigenvalue weighted by Crippen LogP contribution is 2.24. The van der Waals surface area contributed by atoms with Gasteiger partial charge >= 0.3 is 0 Å². The van der Waals surface area contributed by atoms with Crippen molar-refractivity contribution in [2.75, 3.05) is 20.6 Å². The van der Waals surface area contributed by atoms with Gasteiger partial charge in [0.25, 0.3) is 0 Å². The molecular weight excluding hydrogens is 292 g/mol. The van der Waals surface area contributed by atoms with Gasteiger partial charge in [0, 0.05) is 18.5 Å². The molecule has 2 N–H and O–H groups in total. The molecule has 0 aliphatic carbocycles. The molecule has 1 aromatic rings. The first-order valence-electron chi connectivity index (χ1n) is 7.07. The predicted molar refractivity (Wildman–Crippen MR) is 77.0 cm³/mol. The topological polar surface area (TPSA) is 61.4 Å². The first-order chi connectivity index (χ1) is 10.4. The summed E-state index contributed by atoms with van der Waals surface area (Å²) in [6, 6.07) is 2.47. The second-order valence-electron chi connectivity index (χ2n) is 5.52. The van der Waals surface area contributed by atoms with Crippen molar-refractivity contribution in [1.29, 1.82) is 0 Å². The van der Waals surface area contributed by atoms with Crippen LogP contribution >= 0.6 is 0 Å². The summed E-state index contributed by atoms with van der Waals surface area (Å²) in [7, 11) is 3.36. The minimum Gasteiger partial charge on any atom is -0.352 e. The molecule has 1 saturated heterocycles. The number of carbonyl (C=O) groups excluding carboxylic acids is 2. The molecule has 1 aliphatic heterocycles. The molecule has 0 unspecified atom stereocenters. The molecule has 2 rings (SSSR count). The molecule has 5 nitrogen and oxygen atoms in total. The third kappa shape index (κ3) is 3.59. The molecule has 22 heavy (non-hydrogen) atoms. The normalized spacial score (nSPS) is 19.1. The lowest BCUT2D eigenvalue weighted by atomic mass is 10.0. The van der Waals surface area contributed by atoms with E-state index in [0.29, 0.717) is 12.8 Å². The summed E-state index contributed by atoms with van der Waals surface area (Å²) in [6.07, 6.45) is 0.752. The molecule has 1 aromatic carbocycles. The number of amides is 2. The Balaban J connectivity index is 2.07. The highest BCUT2D eigenvalue weighted by molar-refractivity contribution is 5.90. The number of hydrogen-bond donors (Lipinski definition) is 2. The number of benzene rings is 1. The third-order valence-electron chi connectivity index (χ3n) is 3.74. The van der Waals surface area contributed by atoms with E-state index in [2.05, 4.69) is 10.6 Å². The summed E-state index contributed by atoms with van der Waals surface area (Å²) < 4.78 is 27.8. The minimum atomic E-state index is -0.651. The lowest BCUT2D eigenvalue weighted by molar-refractivity contribution is -0.125. The maximum Gasteiger partial charge on any atom is 0.242 e. The first kappa shape index (κ1) is 16.4. The molecular formula is C15H19F2N3O2. The zero-order valence-electron chi connectivity index (χ0n) is 12.5. The second kappa shape index (κ2) is 6.83. The van der Waals surface area contributed by atoms with Crippen molar-refractivity contribution >= 4 is 11.8 Å². The van der Waals surface area contributed by atoms with Crippen LogP contribution in [0.4, 0.5) is 8.78 Å². The standard InChI is InChI=1S/C15H19F2N3O2/c1-20(2)12(14-9(16)4-3-5-10(14)17)8-18-15(22)11-6-7-13(21)19-11/h3-5,11-12H,6-8H2,1-2H3,(H,18,22)(H,19,21)/t11-,12+/m0/s1. The molecule has 120 valence electrons. The molecule has 0 spiro atoms. The van der Waals surface area contributed by atoms with Crippen LogP contribution in [0.15, 0.2) is 18.2 Å². The van der Waals surface area contributed by atoms with Gasteiger partial charge < -0.3 is 15.5 Å². The molecule has 0 saturated carbocycles. The second-order valence-corrected chi connectivity index (χ2v) is 5.52. The zero-order chi connectivity index (χ0) is 16.3. The summed E-state index contributed by atoms with van der Waals surface area (Å²) in [5, 5.41) is 5.21. The average molecular weight is 311 g/mol. The van der Waals surface area contributed by atoms with Gasteiger partial charge in [0.2, 0.25) is 11.8 Å². The fraction of sp³-hybridized carbons (Fsp3) is 0.467. The van der Waals surface area contributed by atoms with E-state index in [1.165, 1.54) is 18.2 Å². The van der Waals surface area contributed by atoms with Gasteiger partial charge in [0.05, 0.1) is 6.04 Å². The molecule has 0 bridgehead atoms. The van der Waals surface area contributed by atoms with Crippen molar-refractivity contribution in [3.63, 3.8) is 0 Å². The highest BCUT2D eigenvalue weighted by Gasteiger charge is 2.28. The van der Waals surface area contributed by atoms with Crippen LogP contribution < -0.4 is 10.6 Å². The van der Waals surface area contributed by atoms with Crippen LogP contribution in [0, 0.1) is 11.6 Å². The maximum absolute atomic E-state index is 13.9. The van der Waals surface area contributed by atoms with Gasteiger partial charge in [0.1, 0.15) is 17.7 Å². The predicted octanol–water partition coefficient (Wildman–Crippen LogP) is 0.962. The van der Waals surface area contributed by atoms with Gasteiger partial charge in [-0.15, -0.1) is 0 Å². The van der Waals surface area contributed by atoms with Gasteiger partial charge in [-0.25, -0.2) is 8.78 Å². The fourth-order valence-electron chi connectivity index (χ4n) is 2.50. The molecule has 0 aromatic heterocycles. The molecule has 2 atom stereocenters. The van der Waals surface area contributed by atoms with Gasteiger partial charge in [0.15, 0.2) is 0 Å². The van der Waals surface area contributed by atoms with E-state index in [0.717, 1.165) is 0 Å². The van der Waals surface area contributed by atoms with Crippen LogP contribution in [-0.2, 0) is 9.59 Å². The smallest absolute Gasteiger partial charge is 0.242 e. The first-order valence-corrected chi connectivity index (χ1v) is 7.07. The van der Waals surface area contributed by atoms with Gasteiger partial charge in [-0.2, -0.15) is 0 Å². The average Bonchev–Trinajstić information content (AvgIpc) is 2.88. The minimum absolute atomic E-state index is 0.0516. The van der Waals surface area contributed by atoms with Crippen LogP contribution in [0.1, 0.15) is 24.4 Å². The summed E-state index contributed by atoms with van der Waals surface area (Å²) in [5.41, 5.74) is -0.0803. The number of nitrogens with one attached hydrogen (secondary N) is 2. The number of rotatable bonds is 5. The van der Waals surface area contributed by atoms with E-state index >= 15 is 0 Å². The Morgan fingerprint density at radius 3 is 2.55 bits per heavy atom. The van der Waals surface area contributed by atoms with Crippen LogP contribution in [0.3, 0.4) is 0 Å². The number of nitrogens with zero attached hydrogens (tertiary/aromatic N) is 1. The third-order valence-corrected chi connectivity index (χ3v) is 3.74. The largest absolute Gasteiger partial charge is 0.352 e.